The number of hydrogen-bond donors (Lipinski definition) is 1. The molecule has 1 aliphatic heterocycles. The van der Waals surface area contributed by atoms with Gasteiger partial charge in [-0.1, -0.05) is 25.4 Å². The second kappa shape index (κ2) is 8.81. The number of non-ortho nitro benzene ring substituents is 1. The lowest BCUT2D eigenvalue weighted by Gasteiger charge is -2.35. The molecule has 2 amide bonds. The van der Waals surface area contributed by atoms with Gasteiger partial charge in [-0.05, 0) is 30.5 Å². The van der Waals surface area contributed by atoms with E-state index in [9.17, 15) is 19.7 Å². The van der Waals surface area contributed by atoms with E-state index >= 15 is 0 Å². The Morgan fingerprint density at radius 1 is 1.35 bits per heavy atom. The van der Waals surface area contributed by atoms with Crippen LogP contribution in [0.1, 0.15) is 19.4 Å². The molecule has 3 rings (SSSR count). The van der Waals surface area contributed by atoms with Crippen LogP contribution in [0.2, 0.25) is 5.02 Å². The van der Waals surface area contributed by atoms with Gasteiger partial charge in [-0.3, -0.25) is 24.6 Å². The Kier molecular flexibility index (Phi) is 6.35. The number of amides is 2. The third-order valence-corrected chi connectivity index (χ3v) is 5.28. The first-order chi connectivity index (χ1) is 14.6. The molecule has 1 atom stereocenters. The van der Waals surface area contributed by atoms with Gasteiger partial charge in [0.25, 0.3) is 11.6 Å². The summed E-state index contributed by atoms with van der Waals surface area (Å²) in [5, 5.41) is 14.4. The lowest BCUT2D eigenvalue weighted by Crippen LogP contribution is -2.50. The minimum Gasteiger partial charge on any atom is -0.495 e. The van der Waals surface area contributed by atoms with Crippen LogP contribution in [0.5, 0.6) is 11.5 Å². The molecule has 2 aromatic rings. The summed E-state index contributed by atoms with van der Waals surface area (Å²) in [6.07, 6.45) is -0.811. The van der Waals surface area contributed by atoms with E-state index in [-0.39, 0.29) is 23.8 Å². The van der Waals surface area contributed by atoms with Crippen molar-refractivity contribution < 1.29 is 24.0 Å². The molecule has 2 aromatic carbocycles. The van der Waals surface area contributed by atoms with Gasteiger partial charge >= 0.3 is 0 Å². The van der Waals surface area contributed by atoms with Crippen LogP contribution in [0, 0.1) is 23.0 Å². The van der Waals surface area contributed by atoms with Crippen molar-refractivity contribution in [3.8, 4) is 11.5 Å². The largest absolute Gasteiger partial charge is 0.495 e. The highest BCUT2D eigenvalue weighted by Crippen LogP contribution is 2.38. The van der Waals surface area contributed by atoms with Gasteiger partial charge in [0.2, 0.25) is 5.91 Å². The number of rotatable bonds is 6. The van der Waals surface area contributed by atoms with E-state index in [1.54, 1.807) is 19.1 Å². The molecule has 1 N–H and O–H groups in total. The number of fused-ring (bicyclic) bond motifs is 1. The third kappa shape index (κ3) is 4.56. The average Bonchev–Trinajstić information content (AvgIpc) is 2.71. The summed E-state index contributed by atoms with van der Waals surface area (Å²) in [6.45, 7) is 5.06. The Labute approximate surface area is 184 Å². The van der Waals surface area contributed by atoms with Crippen LogP contribution in [-0.4, -0.2) is 36.5 Å². The molecule has 164 valence electrons. The molecule has 0 spiro atoms. The maximum absolute atomic E-state index is 13.0. The number of anilines is 2. The number of nitrogens with zero attached hydrogens (tertiary/aromatic N) is 2. The van der Waals surface area contributed by atoms with E-state index in [0.717, 1.165) is 5.56 Å². The minimum absolute atomic E-state index is 0.166. The molecule has 0 radical (unpaired) electrons. The van der Waals surface area contributed by atoms with Crippen molar-refractivity contribution in [2.75, 3.05) is 23.9 Å². The van der Waals surface area contributed by atoms with Crippen molar-refractivity contribution in [3.63, 3.8) is 0 Å². The molecule has 0 saturated heterocycles. The highest BCUT2D eigenvalue weighted by atomic mass is 35.5. The molecule has 10 heteroatoms. The van der Waals surface area contributed by atoms with Gasteiger partial charge in [-0.25, -0.2) is 0 Å². The molecule has 0 fully saturated rings. The SMILES string of the molecule is COc1cc(Cl)c(C)cc1NC(=O)CN1C(=O)C(C(C)C)Oc2ccc([N+](=O)[O-])cc21. The van der Waals surface area contributed by atoms with Crippen LogP contribution in [0.15, 0.2) is 30.3 Å². The van der Waals surface area contributed by atoms with E-state index in [2.05, 4.69) is 5.32 Å². The highest BCUT2D eigenvalue weighted by molar-refractivity contribution is 6.31. The number of hydrogen-bond acceptors (Lipinski definition) is 6. The van der Waals surface area contributed by atoms with E-state index in [0.29, 0.717) is 22.2 Å². The highest BCUT2D eigenvalue weighted by Gasteiger charge is 2.38. The summed E-state index contributed by atoms with van der Waals surface area (Å²) >= 11 is 6.10. The van der Waals surface area contributed by atoms with Gasteiger partial charge in [0.05, 0.1) is 23.4 Å². The van der Waals surface area contributed by atoms with Gasteiger partial charge in [-0.2, -0.15) is 0 Å². The van der Waals surface area contributed by atoms with Gasteiger partial charge in [0, 0.05) is 23.2 Å². The number of benzene rings is 2. The molecule has 0 bridgehead atoms. The van der Waals surface area contributed by atoms with Crippen molar-refractivity contribution in [2.45, 2.75) is 26.9 Å². The number of aryl methyl sites for hydroxylation is 1. The quantitative estimate of drug-likeness (QED) is 0.530. The standard InChI is InChI=1S/C21H22ClN3O6/c1-11(2)20-21(27)24(16-8-13(25(28)29)5-6-17(16)31-20)10-19(26)23-15-7-12(3)14(22)9-18(15)30-4/h5-9,11,20H,10H2,1-4H3,(H,23,26). The van der Waals surface area contributed by atoms with Crippen LogP contribution >= 0.6 is 11.6 Å². The number of carbonyl (C=O) groups excluding carboxylic acids is 2. The smallest absolute Gasteiger partial charge is 0.271 e. The molecule has 0 saturated carbocycles. The van der Waals surface area contributed by atoms with E-state index in [1.165, 1.54) is 30.2 Å². The first-order valence-electron chi connectivity index (χ1n) is 9.52. The average molecular weight is 448 g/mol. The monoisotopic (exact) mass is 447 g/mol. The van der Waals surface area contributed by atoms with Gasteiger partial charge < -0.3 is 14.8 Å². The molecular weight excluding hydrogens is 426 g/mol. The molecule has 31 heavy (non-hydrogen) atoms. The Bertz CT molecular complexity index is 1060. The zero-order valence-corrected chi connectivity index (χ0v) is 18.2. The van der Waals surface area contributed by atoms with Crippen LogP contribution in [0.4, 0.5) is 17.1 Å². The van der Waals surface area contributed by atoms with Crippen molar-refractivity contribution in [2.24, 2.45) is 5.92 Å². The van der Waals surface area contributed by atoms with Crippen LogP contribution in [0.25, 0.3) is 0 Å². The summed E-state index contributed by atoms with van der Waals surface area (Å²) in [7, 11) is 1.45. The predicted octanol–water partition coefficient (Wildman–Crippen LogP) is 3.95. The number of ether oxygens (including phenoxy) is 2. The number of halogens is 1. The second-order valence-corrected chi connectivity index (χ2v) is 7.87. The van der Waals surface area contributed by atoms with Gasteiger partial charge in [0.1, 0.15) is 18.0 Å². The third-order valence-electron chi connectivity index (χ3n) is 4.87. The fourth-order valence-corrected chi connectivity index (χ4v) is 3.39. The molecule has 1 aliphatic rings. The minimum atomic E-state index is -0.811. The first kappa shape index (κ1) is 22.4. The Balaban J connectivity index is 1.93. The molecule has 1 unspecified atom stereocenters. The maximum Gasteiger partial charge on any atom is 0.271 e. The fourth-order valence-electron chi connectivity index (χ4n) is 3.24. The predicted molar refractivity (Wildman–Crippen MR) is 116 cm³/mol. The molecule has 9 nitrogen and oxygen atoms in total. The lowest BCUT2D eigenvalue weighted by atomic mass is 10.0. The summed E-state index contributed by atoms with van der Waals surface area (Å²) in [6, 6.07) is 7.21. The van der Waals surface area contributed by atoms with Gasteiger partial charge in [-0.15, -0.1) is 0 Å². The summed E-state index contributed by atoms with van der Waals surface area (Å²) < 4.78 is 11.0. The van der Waals surface area contributed by atoms with E-state index < -0.39 is 22.8 Å². The second-order valence-electron chi connectivity index (χ2n) is 7.47. The van der Waals surface area contributed by atoms with Crippen LogP contribution in [-0.2, 0) is 9.59 Å². The lowest BCUT2D eigenvalue weighted by molar-refractivity contribution is -0.384. The zero-order valence-electron chi connectivity index (χ0n) is 17.5. The van der Waals surface area contributed by atoms with Crippen molar-refractivity contribution in [3.05, 3.63) is 51.0 Å². The number of nitro groups is 1. The van der Waals surface area contributed by atoms with Crippen LogP contribution in [0.3, 0.4) is 0 Å². The Morgan fingerprint density at radius 2 is 2.06 bits per heavy atom. The summed E-state index contributed by atoms with van der Waals surface area (Å²) in [5.41, 5.74) is 1.10. The first-order valence-corrected chi connectivity index (χ1v) is 9.90. The van der Waals surface area contributed by atoms with Crippen LogP contribution < -0.4 is 19.7 Å². The van der Waals surface area contributed by atoms with Gasteiger partial charge in [0.15, 0.2) is 6.10 Å². The van der Waals surface area contributed by atoms with Crippen molar-refractivity contribution in [1.82, 2.24) is 0 Å². The van der Waals surface area contributed by atoms with E-state index in [1.807, 2.05) is 13.8 Å². The zero-order chi connectivity index (χ0) is 22.9. The number of nitro benzene ring substituents is 1. The molecule has 0 aliphatic carbocycles. The summed E-state index contributed by atoms with van der Waals surface area (Å²) in [4.78, 5) is 37.7. The normalized spacial score (nSPS) is 15.4. The Morgan fingerprint density at radius 3 is 2.68 bits per heavy atom. The molecular formula is C21H22ClN3O6. The Hall–Kier alpha value is -3.33. The number of carbonyl (C=O) groups is 2. The maximum atomic E-state index is 13.0. The summed E-state index contributed by atoms with van der Waals surface area (Å²) in [5.74, 6) is -0.446. The fraction of sp³-hybridized carbons (Fsp3) is 0.333. The van der Waals surface area contributed by atoms with Crippen molar-refractivity contribution in [1.29, 1.82) is 0 Å². The number of methoxy groups -OCH3 is 1. The molecule has 0 aromatic heterocycles. The van der Waals surface area contributed by atoms with E-state index in [4.69, 9.17) is 21.1 Å². The molecule has 1 heterocycles. The number of nitrogens with one attached hydrogen (secondary N) is 1. The van der Waals surface area contributed by atoms with Crippen molar-refractivity contribution >= 4 is 40.5 Å². The topological polar surface area (TPSA) is 111 Å².